The lowest BCUT2D eigenvalue weighted by atomic mass is 10.1. The smallest absolute Gasteiger partial charge is 0.279 e. The van der Waals surface area contributed by atoms with Crippen LogP contribution in [0.3, 0.4) is 0 Å². The Bertz CT molecular complexity index is 459. The van der Waals surface area contributed by atoms with Crippen molar-refractivity contribution in [1.29, 1.82) is 0 Å². The Hall–Kier alpha value is -0.490. The van der Waals surface area contributed by atoms with Gasteiger partial charge < -0.3 is 10.4 Å². The predicted molar refractivity (Wildman–Crippen MR) is 150 cm³/mol. The third kappa shape index (κ3) is 24.6. The summed E-state index contributed by atoms with van der Waals surface area (Å²) in [6, 6.07) is 0. The van der Waals surface area contributed by atoms with Gasteiger partial charge in [0.05, 0.1) is 6.61 Å². The Morgan fingerprint density at radius 2 is 0.912 bits per heavy atom. The van der Waals surface area contributed by atoms with Crippen molar-refractivity contribution in [2.24, 2.45) is 0 Å². The van der Waals surface area contributed by atoms with E-state index in [9.17, 15) is 4.57 Å². The van der Waals surface area contributed by atoms with Gasteiger partial charge in [0, 0.05) is 26.2 Å². The minimum Gasteiger partial charge on any atom is -0.395 e. The third-order valence-electron chi connectivity index (χ3n) is 5.99. The summed E-state index contributed by atoms with van der Waals surface area (Å²) in [5.41, 5.74) is 0. The Morgan fingerprint density at radius 1 is 0.529 bits per heavy atom. The van der Waals surface area contributed by atoms with Crippen LogP contribution in [-0.2, 0) is 4.57 Å². The number of hydrogen-bond acceptors (Lipinski definition) is 3. The summed E-state index contributed by atoms with van der Waals surface area (Å²) >= 11 is 0. The van der Waals surface area contributed by atoms with Crippen LogP contribution in [0.1, 0.15) is 109 Å². The lowest BCUT2D eigenvalue weighted by molar-refractivity contribution is 0.292. The van der Waals surface area contributed by atoms with E-state index in [1.807, 2.05) is 12.2 Å². The molecular weight excluding hydrogens is 443 g/mol. The highest BCUT2D eigenvalue weighted by molar-refractivity contribution is 7.57. The van der Waals surface area contributed by atoms with Gasteiger partial charge in [-0.3, -0.25) is 4.57 Å². The van der Waals surface area contributed by atoms with Crippen LogP contribution in [0.4, 0.5) is 0 Å². The first-order valence-electron chi connectivity index (χ1n) is 14.1. The largest absolute Gasteiger partial charge is 0.395 e. The highest BCUT2D eigenvalue weighted by atomic mass is 31.2. The van der Waals surface area contributed by atoms with Gasteiger partial charge >= 0.3 is 0 Å². The molecule has 5 N–H and O–H groups in total. The number of unbranched alkanes of at least 4 members (excludes halogenated alkanes) is 14. The molecule has 0 saturated heterocycles. The molecule has 0 unspecified atom stereocenters. The molecule has 0 spiro atoms. The quantitative estimate of drug-likeness (QED) is 0.0461. The van der Waals surface area contributed by atoms with Gasteiger partial charge in [-0.15, -0.1) is 13.2 Å². The average Bonchev–Trinajstić information content (AvgIpc) is 2.84. The molecule has 0 amide bonds. The maximum Gasteiger partial charge on any atom is 0.279 e. The van der Waals surface area contributed by atoms with Gasteiger partial charge in [0.25, 0.3) is 7.59 Å². The first-order chi connectivity index (χ1) is 16.7. The van der Waals surface area contributed by atoms with E-state index in [0.717, 1.165) is 51.7 Å². The Kier molecular flexibility index (Phi) is 26.7. The van der Waals surface area contributed by atoms with Crippen LogP contribution < -0.4 is 20.6 Å². The van der Waals surface area contributed by atoms with E-state index in [1.165, 1.54) is 77.0 Å². The molecule has 0 bridgehead atoms. The van der Waals surface area contributed by atoms with Crippen LogP contribution in [0.2, 0.25) is 0 Å². The molecule has 0 heterocycles. The molecule has 0 radical (unpaired) electrons. The SMILES string of the molecule is C=CCCCCCCCCCNP(=O)(NCCCCCCCCCC=C)NCCCNCCO. The molecule has 0 aliphatic carbocycles. The molecule has 202 valence electrons. The molecule has 0 rings (SSSR count). The average molecular weight is 501 g/mol. The number of aliphatic hydroxyl groups is 1. The van der Waals surface area contributed by atoms with Gasteiger partial charge in [-0.05, 0) is 51.5 Å². The standard InChI is InChI=1S/C27H57N4O2P/c1-3-5-7-9-11-13-15-17-19-23-29-34(33,31-25-21-22-28-26-27-32)30-24-20-18-16-14-12-10-8-6-4-2/h3-4,28,32H,1-2,5-27H2,(H3,29,30,31,33). The van der Waals surface area contributed by atoms with Crippen LogP contribution >= 0.6 is 7.59 Å². The second-order valence-corrected chi connectivity index (χ2v) is 11.4. The van der Waals surface area contributed by atoms with E-state index in [4.69, 9.17) is 5.11 Å². The van der Waals surface area contributed by atoms with Crippen molar-refractivity contribution in [3.63, 3.8) is 0 Å². The van der Waals surface area contributed by atoms with Gasteiger partial charge in [-0.2, -0.15) is 0 Å². The van der Waals surface area contributed by atoms with E-state index >= 15 is 0 Å². The van der Waals surface area contributed by atoms with Crippen LogP contribution in [0.25, 0.3) is 0 Å². The highest BCUT2D eigenvalue weighted by Crippen LogP contribution is 2.30. The lowest BCUT2D eigenvalue weighted by Crippen LogP contribution is -2.34. The lowest BCUT2D eigenvalue weighted by Gasteiger charge is -2.22. The fourth-order valence-electron chi connectivity index (χ4n) is 3.89. The zero-order valence-electron chi connectivity index (χ0n) is 22.1. The van der Waals surface area contributed by atoms with E-state index in [2.05, 4.69) is 33.7 Å². The topological polar surface area (TPSA) is 85.4 Å². The van der Waals surface area contributed by atoms with Gasteiger partial charge in [0.15, 0.2) is 0 Å². The van der Waals surface area contributed by atoms with Crippen molar-refractivity contribution in [2.75, 3.05) is 39.3 Å². The molecule has 34 heavy (non-hydrogen) atoms. The molecule has 0 aromatic heterocycles. The Balaban J connectivity index is 4.02. The van der Waals surface area contributed by atoms with Gasteiger partial charge in [0.1, 0.15) is 0 Å². The number of hydrogen-bond donors (Lipinski definition) is 5. The third-order valence-corrected chi connectivity index (χ3v) is 8.00. The highest BCUT2D eigenvalue weighted by Gasteiger charge is 2.19. The number of allylic oxidation sites excluding steroid dienone is 2. The maximum atomic E-state index is 13.4. The zero-order valence-corrected chi connectivity index (χ0v) is 23.0. The predicted octanol–water partition coefficient (Wildman–Crippen LogP) is 6.45. The normalized spacial score (nSPS) is 11.7. The summed E-state index contributed by atoms with van der Waals surface area (Å²) in [6.45, 7) is 11.4. The van der Waals surface area contributed by atoms with E-state index in [1.54, 1.807) is 0 Å². The van der Waals surface area contributed by atoms with Crippen molar-refractivity contribution in [1.82, 2.24) is 20.6 Å². The molecule has 0 aliphatic heterocycles. The molecular formula is C27H57N4O2P. The van der Waals surface area contributed by atoms with Crippen LogP contribution in [-0.4, -0.2) is 44.4 Å². The number of nitrogens with one attached hydrogen (secondary N) is 4. The summed E-state index contributed by atoms with van der Waals surface area (Å²) in [4.78, 5) is 0. The molecule has 7 heteroatoms. The number of aliphatic hydroxyl groups excluding tert-OH is 1. The van der Waals surface area contributed by atoms with Gasteiger partial charge in [-0.25, -0.2) is 15.3 Å². The van der Waals surface area contributed by atoms with Crippen LogP contribution in [0.5, 0.6) is 0 Å². The zero-order chi connectivity index (χ0) is 25.0. The maximum absolute atomic E-state index is 13.4. The van der Waals surface area contributed by atoms with Crippen LogP contribution in [0, 0.1) is 0 Å². The van der Waals surface area contributed by atoms with Gasteiger partial charge in [0.2, 0.25) is 0 Å². The molecule has 0 aromatic carbocycles. The Morgan fingerprint density at radius 3 is 1.32 bits per heavy atom. The Labute approximate surface area is 211 Å². The van der Waals surface area contributed by atoms with Crippen molar-refractivity contribution >= 4 is 7.59 Å². The van der Waals surface area contributed by atoms with Gasteiger partial charge in [-0.1, -0.05) is 76.4 Å². The molecule has 0 aromatic rings. The second-order valence-electron chi connectivity index (χ2n) is 9.27. The summed E-state index contributed by atoms with van der Waals surface area (Å²) in [7, 11) is -2.77. The first-order valence-corrected chi connectivity index (χ1v) is 15.8. The number of rotatable bonds is 29. The molecule has 0 aliphatic rings. The minimum atomic E-state index is -2.77. The molecule has 0 atom stereocenters. The van der Waals surface area contributed by atoms with Crippen molar-refractivity contribution in [2.45, 2.75) is 109 Å². The second kappa shape index (κ2) is 27.1. The summed E-state index contributed by atoms with van der Waals surface area (Å²) in [5, 5.41) is 21.9. The first kappa shape index (κ1) is 33.5. The van der Waals surface area contributed by atoms with Crippen molar-refractivity contribution in [3.05, 3.63) is 25.3 Å². The van der Waals surface area contributed by atoms with Crippen molar-refractivity contribution < 1.29 is 9.67 Å². The van der Waals surface area contributed by atoms with Crippen molar-refractivity contribution in [3.8, 4) is 0 Å². The molecule has 0 fully saturated rings. The monoisotopic (exact) mass is 500 g/mol. The summed E-state index contributed by atoms with van der Waals surface area (Å²) in [5.74, 6) is 0. The van der Waals surface area contributed by atoms with E-state index < -0.39 is 7.59 Å². The summed E-state index contributed by atoms with van der Waals surface area (Å²) in [6.07, 6.45) is 24.5. The fraction of sp³-hybridized carbons (Fsp3) is 0.852. The van der Waals surface area contributed by atoms with E-state index in [-0.39, 0.29) is 6.61 Å². The summed E-state index contributed by atoms with van der Waals surface area (Å²) < 4.78 is 13.4. The fourth-order valence-corrected chi connectivity index (χ4v) is 5.64. The van der Waals surface area contributed by atoms with E-state index in [0.29, 0.717) is 13.1 Å². The molecule has 6 nitrogen and oxygen atoms in total. The molecule has 0 saturated carbocycles. The van der Waals surface area contributed by atoms with Crippen LogP contribution in [0.15, 0.2) is 25.3 Å². The minimum absolute atomic E-state index is 0.151.